The number of halogens is 2. The number of aliphatic hydroxyl groups excluding tert-OH is 1. The second kappa shape index (κ2) is 11.5. The van der Waals surface area contributed by atoms with Gasteiger partial charge in [0.1, 0.15) is 0 Å². The minimum absolute atomic E-state index is 0. The van der Waals surface area contributed by atoms with Gasteiger partial charge in [-0.05, 0) is 25.0 Å². The molecule has 138 valence electrons. The number of aliphatic hydroxyl groups is 1. The molecule has 0 bridgehead atoms. The number of hydrogen-bond donors (Lipinski definition) is 2. The van der Waals surface area contributed by atoms with E-state index in [4.69, 9.17) is 16.7 Å². The highest BCUT2D eigenvalue weighted by atomic mass is 127. The van der Waals surface area contributed by atoms with Crippen molar-refractivity contribution < 1.29 is 5.11 Å². The van der Waals surface area contributed by atoms with Crippen LogP contribution in [0.2, 0.25) is 4.34 Å². The lowest BCUT2D eigenvalue weighted by Gasteiger charge is -2.36. The second-order valence-electron chi connectivity index (χ2n) is 5.95. The number of rotatable bonds is 6. The van der Waals surface area contributed by atoms with Gasteiger partial charge >= 0.3 is 0 Å². The third kappa shape index (κ3) is 7.03. The molecule has 1 fully saturated rings. The van der Waals surface area contributed by atoms with Crippen LogP contribution in [0.4, 0.5) is 0 Å². The Hall–Kier alpha value is -0.0900. The summed E-state index contributed by atoms with van der Waals surface area (Å²) in [6.45, 7) is 10.8. The summed E-state index contributed by atoms with van der Waals surface area (Å²) in [4.78, 5) is 10.7. The maximum atomic E-state index is 9.15. The molecule has 1 aliphatic rings. The van der Waals surface area contributed by atoms with Gasteiger partial charge in [-0.2, -0.15) is 0 Å². The van der Waals surface area contributed by atoms with E-state index in [1.54, 1.807) is 11.3 Å². The lowest BCUT2D eigenvalue weighted by atomic mass is 10.2. The van der Waals surface area contributed by atoms with Crippen LogP contribution < -0.4 is 5.32 Å². The van der Waals surface area contributed by atoms with Crippen molar-refractivity contribution in [2.45, 2.75) is 20.4 Å². The summed E-state index contributed by atoms with van der Waals surface area (Å²) in [7, 11) is 0. The average molecular weight is 487 g/mol. The molecular formula is C16H28ClIN4OS. The Kier molecular flexibility index (Phi) is 10.5. The van der Waals surface area contributed by atoms with Crippen LogP contribution in [0.15, 0.2) is 17.1 Å². The van der Waals surface area contributed by atoms with Crippen molar-refractivity contribution >= 4 is 52.9 Å². The first-order chi connectivity index (χ1) is 11.1. The molecule has 8 heteroatoms. The number of thiophene rings is 1. The zero-order valence-electron chi connectivity index (χ0n) is 14.4. The van der Waals surface area contributed by atoms with E-state index in [0.717, 1.165) is 49.6 Å². The summed E-state index contributed by atoms with van der Waals surface area (Å²) in [5, 5.41) is 12.5. The van der Waals surface area contributed by atoms with Gasteiger partial charge < -0.3 is 15.3 Å². The molecule has 1 saturated heterocycles. The quantitative estimate of drug-likeness (QED) is 0.369. The van der Waals surface area contributed by atoms with Gasteiger partial charge in [0.25, 0.3) is 0 Å². The molecule has 1 aromatic rings. The Morgan fingerprint density at radius 1 is 1.38 bits per heavy atom. The van der Waals surface area contributed by atoms with Crippen LogP contribution >= 0.6 is 46.9 Å². The highest BCUT2D eigenvalue weighted by molar-refractivity contribution is 14.0. The number of nitrogens with one attached hydrogen (secondary N) is 1. The molecule has 2 heterocycles. The van der Waals surface area contributed by atoms with Crippen LogP contribution in [-0.2, 0) is 6.54 Å². The van der Waals surface area contributed by atoms with Crippen LogP contribution in [0.25, 0.3) is 0 Å². The number of hydrogen-bond acceptors (Lipinski definition) is 4. The summed E-state index contributed by atoms with van der Waals surface area (Å²) in [5.41, 5.74) is 0. The zero-order valence-corrected chi connectivity index (χ0v) is 18.3. The largest absolute Gasteiger partial charge is 0.396 e. The van der Waals surface area contributed by atoms with Crippen LogP contribution in [-0.4, -0.2) is 66.7 Å². The minimum Gasteiger partial charge on any atom is -0.396 e. The van der Waals surface area contributed by atoms with Gasteiger partial charge in [-0.25, -0.2) is 0 Å². The molecule has 0 amide bonds. The molecular weight excluding hydrogens is 459 g/mol. The Bertz CT molecular complexity index is 506. The smallest absolute Gasteiger partial charge is 0.194 e. The number of aliphatic imine (C=N–C) groups is 1. The molecule has 1 aliphatic heterocycles. The predicted octanol–water partition coefficient (Wildman–Crippen LogP) is 2.73. The Labute approximate surface area is 171 Å². The normalized spacial score (nSPS) is 17.5. The molecule has 0 radical (unpaired) electrons. The maximum absolute atomic E-state index is 9.15. The standard InChI is InChI=1S/C16H27ClN4OS.HI/c1-3-18-16(19-10-13(2)12-22)21-8-6-20(7-9-21)11-14-4-5-15(17)23-14;/h4-5,13,22H,3,6-12H2,1-2H3,(H,18,19);1H. The van der Waals surface area contributed by atoms with E-state index in [1.165, 1.54) is 4.88 Å². The fourth-order valence-electron chi connectivity index (χ4n) is 2.50. The molecule has 0 aromatic carbocycles. The molecule has 1 aromatic heterocycles. The Balaban J connectivity index is 0.00000288. The molecule has 0 aliphatic carbocycles. The topological polar surface area (TPSA) is 51.1 Å². The summed E-state index contributed by atoms with van der Waals surface area (Å²) >= 11 is 7.66. The fraction of sp³-hybridized carbons (Fsp3) is 0.688. The van der Waals surface area contributed by atoms with Crippen LogP contribution in [0.1, 0.15) is 18.7 Å². The number of piperazine rings is 1. The first kappa shape index (κ1) is 22.0. The van der Waals surface area contributed by atoms with Crippen LogP contribution in [0, 0.1) is 5.92 Å². The summed E-state index contributed by atoms with van der Waals surface area (Å²) in [6, 6.07) is 4.08. The van der Waals surface area contributed by atoms with Gasteiger partial charge in [-0.1, -0.05) is 18.5 Å². The molecule has 0 spiro atoms. The van der Waals surface area contributed by atoms with Gasteiger partial charge in [-0.15, -0.1) is 35.3 Å². The maximum Gasteiger partial charge on any atom is 0.194 e. The molecule has 5 nitrogen and oxygen atoms in total. The van der Waals surface area contributed by atoms with Crippen molar-refractivity contribution in [3.63, 3.8) is 0 Å². The zero-order chi connectivity index (χ0) is 16.7. The van der Waals surface area contributed by atoms with Gasteiger partial charge in [0.05, 0.1) is 4.34 Å². The highest BCUT2D eigenvalue weighted by Crippen LogP contribution is 2.23. The van der Waals surface area contributed by atoms with Gasteiger partial charge in [0.15, 0.2) is 5.96 Å². The molecule has 2 N–H and O–H groups in total. The first-order valence-corrected chi connectivity index (χ1v) is 9.42. The molecule has 24 heavy (non-hydrogen) atoms. The van der Waals surface area contributed by atoms with E-state index >= 15 is 0 Å². The molecule has 1 unspecified atom stereocenters. The van der Waals surface area contributed by atoms with Crippen molar-refractivity contribution in [1.82, 2.24) is 15.1 Å². The lowest BCUT2D eigenvalue weighted by Crippen LogP contribution is -2.52. The highest BCUT2D eigenvalue weighted by Gasteiger charge is 2.20. The van der Waals surface area contributed by atoms with Crippen molar-refractivity contribution in [3.8, 4) is 0 Å². The Morgan fingerprint density at radius 2 is 2.08 bits per heavy atom. The van der Waals surface area contributed by atoms with Crippen LogP contribution in [0.5, 0.6) is 0 Å². The summed E-state index contributed by atoms with van der Waals surface area (Å²) < 4.78 is 0.859. The van der Waals surface area contributed by atoms with E-state index in [-0.39, 0.29) is 36.5 Å². The number of guanidine groups is 1. The minimum atomic E-state index is 0. The van der Waals surface area contributed by atoms with Crippen molar-refractivity contribution in [2.24, 2.45) is 10.9 Å². The molecule has 2 rings (SSSR count). The van der Waals surface area contributed by atoms with Crippen molar-refractivity contribution in [1.29, 1.82) is 0 Å². The van der Waals surface area contributed by atoms with E-state index < -0.39 is 0 Å². The first-order valence-electron chi connectivity index (χ1n) is 8.23. The van der Waals surface area contributed by atoms with Gasteiger partial charge in [0, 0.05) is 57.3 Å². The van der Waals surface area contributed by atoms with Gasteiger partial charge in [0.2, 0.25) is 0 Å². The monoisotopic (exact) mass is 486 g/mol. The Morgan fingerprint density at radius 3 is 2.62 bits per heavy atom. The SMILES string of the molecule is CCNC(=NCC(C)CO)N1CCN(Cc2ccc(Cl)s2)CC1.I. The van der Waals surface area contributed by atoms with Crippen LogP contribution in [0.3, 0.4) is 0 Å². The number of nitrogens with zero attached hydrogens (tertiary/aromatic N) is 3. The third-order valence-corrected chi connectivity index (χ3v) is 5.10. The summed E-state index contributed by atoms with van der Waals surface area (Å²) in [6.07, 6.45) is 0. The van der Waals surface area contributed by atoms with E-state index in [9.17, 15) is 0 Å². The van der Waals surface area contributed by atoms with E-state index in [0.29, 0.717) is 6.54 Å². The molecule has 0 saturated carbocycles. The predicted molar refractivity (Wildman–Crippen MR) is 114 cm³/mol. The second-order valence-corrected chi connectivity index (χ2v) is 7.75. The van der Waals surface area contributed by atoms with E-state index in [2.05, 4.69) is 33.1 Å². The third-order valence-electron chi connectivity index (χ3n) is 3.88. The lowest BCUT2D eigenvalue weighted by molar-refractivity contribution is 0.173. The summed E-state index contributed by atoms with van der Waals surface area (Å²) in [5.74, 6) is 1.17. The van der Waals surface area contributed by atoms with Crippen molar-refractivity contribution in [2.75, 3.05) is 45.9 Å². The fourth-order valence-corrected chi connectivity index (χ4v) is 3.63. The average Bonchev–Trinajstić information content (AvgIpc) is 2.97. The molecule has 1 atom stereocenters. The van der Waals surface area contributed by atoms with Gasteiger partial charge in [-0.3, -0.25) is 9.89 Å². The van der Waals surface area contributed by atoms with E-state index in [1.807, 2.05) is 13.0 Å². The van der Waals surface area contributed by atoms with Crippen molar-refractivity contribution in [3.05, 3.63) is 21.3 Å².